The van der Waals surface area contributed by atoms with Crippen molar-refractivity contribution in [2.45, 2.75) is 28.9 Å². The van der Waals surface area contributed by atoms with E-state index < -0.39 is 32.0 Å². The normalized spacial score (nSPS) is 25.6. The fourth-order valence-corrected chi connectivity index (χ4v) is 8.14. The van der Waals surface area contributed by atoms with Crippen LogP contribution in [-0.2, 0) is 24.3 Å². The van der Waals surface area contributed by atoms with Gasteiger partial charge in [0.25, 0.3) is 0 Å². The Balaban J connectivity index is 1.24. The lowest BCUT2D eigenvalue weighted by atomic mass is 10.1. The Labute approximate surface area is 230 Å². The number of halogens is 1. The van der Waals surface area contributed by atoms with Crippen LogP contribution >= 0.6 is 23.4 Å². The maximum Gasteiger partial charge on any atom is 0.325 e. The molecule has 2 heterocycles. The summed E-state index contributed by atoms with van der Waals surface area (Å²) in [7, 11) is -3.97. The van der Waals surface area contributed by atoms with Crippen LogP contribution in [0.3, 0.4) is 0 Å². The second-order valence-electron chi connectivity index (χ2n) is 9.60. The van der Waals surface area contributed by atoms with E-state index in [1.54, 1.807) is 36.4 Å². The summed E-state index contributed by atoms with van der Waals surface area (Å²) < 4.78 is 33.6. The van der Waals surface area contributed by atoms with Crippen molar-refractivity contribution in [2.24, 2.45) is 0 Å². The lowest BCUT2D eigenvalue weighted by Crippen LogP contribution is -2.47. The van der Waals surface area contributed by atoms with E-state index in [9.17, 15) is 23.1 Å². The Morgan fingerprint density at radius 1 is 1.16 bits per heavy atom. The molecular weight excluding hydrogens is 550 g/mol. The van der Waals surface area contributed by atoms with Crippen LogP contribution in [-0.4, -0.2) is 73.3 Å². The summed E-state index contributed by atoms with van der Waals surface area (Å²) in [6, 6.07) is 14.1. The first-order valence-electron chi connectivity index (χ1n) is 12.3. The number of amides is 1. The molecular formula is C26H28ClN3O6S2. The van der Waals surface area contributed by atoms with Gasteiger partial charge in [-0.15, -0.1) is 11.8 Å². The number of hydrogen-bond acceptors (Lipinski definition) is 7. The number of carbonyl (C=O) groups excluding carboxylic acids is 1. The molecule has 38 heavy (non-hydrogen) atoms. The topological polar surface area (TPSA) is 125 Å². The van der Waals surface area contributed by atoms with Crippen LogP contribution in [0.25, 0.3) is 4.91 Å². The van der Waals surface area contributed by atoms with Crippen LogP contribution < -0.4 is 10.0 Å². The molecule has 202 valence electrons. The van der Waals surface area contributed by atoms with Crippen LogP contribution in [0.5, 0.6) is 0 Å². The number of benzene rings is 2. The van der Waals surface area contributed by atoms with E-state index in [0.717, 1.165) is 10.5 Å². The van der Waals surface area contributed by atoms with Gasteiger partial charge in [0.05, 0.1) is 19.8 Å². The predicted octanol–water partition coefficient (Wildman–Crippen LogP) is 3.34. The van der Waals surface area contributed by atoms with Gasteiger partial charge in [0.1, 0.15) is 10.1 Å². The molecule has 1 saturated carbocycles. The number of hydrogen-bond donors (Lipinski definition) is 3. The summed E-state index contributed by atoms with van der Waals surface area (Å²) >= 11 is 7.15. The molecule has 12 heteroatoms. The molecule has 9 nitrogen and oxygen atoms in total. The Bertz CT molecular complexity index is 1360. The minimum absolute atomic E-state index is 0.127. The van der Waals surface area contributed by atoms with Gasteiger partial charge in [-0.2, -0.15) is 4.72 Å². The van der Waals surface area contributed by atoms with Crippen LogP contribution in [0.1, 0.15) is 29.9 Å². The van der Waals surface area contributed by atoms with E-state index in [1.807, 2.05) is 23.1 Å². The fraction of sp³-hybridized carbons (Fsp3) is 0.385. The van der Waals surface area contributed by atoms with Crippen molar-refractivity contribution in [1.82, 2.24) is 9.62 Å². The highest BCUT2D eigenvalue weighted by molar-refractivity contribution is 8.18. The molecule has 0 spiro atoms. The van der Waals surface area contributed by atoms with Crippen LogP contribution in [0, 0.1) is 0 Å². The summed E-state index contributed by atoms with van der Waals surface area (Å²) in [5.74, 6) is -1.95. The van der Waals surface area contributed by atoms with E-state index in [1.165, 1.54) is 11.8 Å². The zero-order chi connectivity index (χ0) is 26.9. The second-order valence-corrected chi connectivity index (χ2v) is 13.4. The quantitative estimate of drug-likeness (QED) is 0.414. The maximum atomic E-state index is 13.3. The Hall–Kier alpha value is -2.41. The van der Waals surface area contributed by atoms with E-state index in [-0.39, 0.29) is 25.3 Å². The van der Waals surface area contributed by atoms with Crippen molar-refractivity contribution in [3.8, 4) is 0 Å². The van der Waals surface area contributed by atoms with Gasteiger partial charge in [-0.05, 0) is 48.2 Å². The number of ether oxygens (including phenoxy) is 1. The van der Waals surface area contributed by atoms with Crippen molar-refractivity contribution in [1.29, 1.82) is 0 Å². The van der Waals surface area contributed by atoms with Crippen LogP contribution in [0.15, 0.2) is 54.6 Å². The average Bonchev–Trinajstić information content (AvgIpc) is 3.38. The first kappa shape index (κ1) is 27.2. The average molecular weight is 578 g/mol. The van der Waals surface area contributed by atoms with Gasteiger partial charge >= 0.3 is 5.97 Å². The van der Waals surface area contributed by atoms with Gasteiger partial charge in [-0.1, -0.05) is 41.9 Å². The molecule has 3 aliphatic rings. The number of thioether (sulfide) groups is 1. The molecule has 1 amide bonds. The standard InChI is InChI=1S/C26H28ClN3O6S2/c27-19-6-4-17(5-7-19)22-8-9-24(37-22)38(34,35)29-26(25(32)33)15-21(26)18-2-1-3-20(14-18)28-23(31)16-30-10-12-36-13-11-30/h1-8,14,21,24,29H,9-13,15-16H2,(H,28,31)(H,32,33). The SMILES string of the molecule is O=C(CN1CCOCC1)Nc1cccc(C2CC2(NS(=O)(=O)C2CC=C(c3ccc(Cl)cc3)S2)C(=O)O)c1. The molecule has 3 N–H and O–H groups in total. The van der Waals surface area contributed by atoms with Gasteiger partial charge < -0.3 is 15.2 Å². The maximum absolute atomic E-state index is 13.3. The Morgan fingerprint density at radius 2 is 1.89 bits per heavy atom. The van der Waals surface area contributed by atoms with Crippen molar-refractivity contribution in [3.05, 3.63) is 70.8 Å². The summed E-state index contributed by atoms with van der Waals surface area (Å²) in [6.07, 6.45) is 2.24. The first-order valence-corrected chi connectivity index (χ1v) is 15.1. The molecule has 5 rings (SSSR count). The third-order valence-electron chi connectivity index (χ3n) is 6.94. The predicted molar refractivity (Wildman–Crippen MR) is 148 cm³/mol. The number of morpholine rings is 1. The van der Waals surface area contributed by atoms with Crippen LogP contribution in [0.2, 0.25) is 5.02 Å². The number of anilines is 1. The monoisotopic (exact) mass is 577 g/mol. The van der Waals surface area contributed by atoms with Crippen molar-refractivity contribution in [2.75, 3.05) is 38.2 Å². The molecule has 1 saturated heterocycles. The highest BCUT2D eigenvalue weighted by atomic mass is 35.5. The van der Waals surface area contributed by atoms with Gasteiger partial charge in [0.2, 0.25) is 15.9 Å². The van der Waals surface area contributed by atoms with Gasteiger partial charge in [0.15, 0.2) is 0 Å². The van der Waals surface area contributed by atoms with Gasteiger partial charge in [-0.3, -0.25) is 14.5 Å². The number of nitrogens with one attached hydrogen (secondary N) is 2. The number of carbonyl (C=O) groups is 2. The summed E-state index contributed by atoms with van der Waals surface area (Å²) in [5.41, 5.74) is 0.428. The second kappa shape index (κ2) is 11.0. The summed E-state index contributed by atoms with van der Waals surface area (Å²) in [5, 5.41) is 13.5. The zero-order valence-corrected chi connectivity index (χ0v) is 22.8. The Kier molecular flexibility index (Phi) is 7.86. The third-order valence-corrected chi connectivity index (χ3v) is 10.9. The number of carboxylic acids is 1. The summed E-state index contributed by atoms with van der Waals surface area (Å²) in [4.78, 5) is 27.6. The fourth-order valence-electron chi connectivity index (χ4n) is 4.81. The highest BCUT2D eigenvalue weighted by Crippen LogP contribution is 2.53. The lowest BCUT2D eigenvalue weighted by Gasteiger charge is -2.25. The van der Waals surface area contributed by atoms with E-state index >= 15 is 0 Å². The molecule has 2 aromatic carbocycles. The minimum atomic E-state index is -3.97. The summed E-state index contributed by atoms with van der Waals surface area (Å²) in [6.45, 7) is 2.80. The van der Waals surface area contributed by atoms with E-state index in [4.69, 9.17) is 16.3 Å². The number of allylic oxidation sites excluding steroid dienone is 1. The number of sulfonamides is 1. The Morgan fingerprint density at radius 3 is 2.61 bits per heavy atom. The van der Waals surface area contributed by atoms with Gasteiger partial charge in [-0.25, -0.2) is 8.42 Å². The molecule has 3 atom stereocenters. The molecule has 2 aliphatic heterocycles. The third kappa shape index (κ3) is 5.93. The molecule has 2 fully saturated rings. The van der Waals surface area contributed by atoms with E-state index in [2.05, 4.69) is 10.0 Å². The molecule has 0 radical (unpaired) electrons. The molecule has 1 aliphatic carbocycles. The van der Waals surface area contributed by atoms with Crippen molar-refractivity contribution >= 4 is 55.9 Å². The smallest absolute Gasteiger partial charge is 0.325 e. The van der Waals surface area contributed by atoms with Gasteiger partial charge in [0, 0.05) is 34.6 Å². The molecule has 3 unspecified atom stereocenters. The molecule has 2 aromatic rings. The van der Waals surface area contributed by atoms with Crippen molar-refractivity contribution < 1.29 is 27.9 Å². The number of aliphatic carboxylic acids is 1. The molecule has 0 bridgehead atoms. The minimum Gasteiger partial charge on any atom is -0.480 e. The van der Waals surface area contributed by atoms with Crippen LogP contribution in [0.4, 0.5) is 5.69 Å². The number of rotatable bonds is 9. The van der Waals surface area contributed by atoms with Crippen molar-refractivity contribution in [3.63, 3.8) is 0 Å². The number of carboxylic acid groups (broad SMARTS) is 1. The number of nitrogens with zero attached hydrogens (tertiary/aromatic N) is 1. The largest absolute Gasteiger partial charge is 0.480 e. The lowest BCUT2D eigenvalue weighted by molar-refractivity contribution is -0.140. The first-order chi connectivity index (χ1) is 18.2. The highest BCUT2D eigenvalue weighted by Gasteiger charge is 2.64. The van der Waals surface area contributed by atoms with E-state index in [0.29, 0.717) is 42.6 Å². The molecule has 0 aromatic heterocycles. The zero-order valence-electron chi connectivity index (χ0n) is 20.4.